The van der Waals surface area contributed by atoms with Gasteiger partial charge in [-0.15, -0.1) is 10.2 Å². The standard InChI is InChI=1S/C19H16F2N6O/c20-15-10-16-14(8-12(11-22-16)26-4-6-28-7-5-26)19(21)13(15)9-18-25-24-17-2-1-3-23-27(17)18/h1-3,8,10-11H,4-7,9H2. The van der Waals surface area contributed by atoms with Crippen LogP contribution in [0, 0.1) is 11.6 Å². The van der Waals surface area contributed by atoms with Crippen LogP contribution in [0.5, 0.6) is 0 Å². The summed E-state index contributed by atoms with van der Waals surface area (Å²) in [5.74, 6) is -0.931. The number of ether oxygens (including phenoxy) is 1. The zero-order valence-electron chi connectivity index (χ0n) is 14.8. The SMILES string of the molecule is Fc1cc2ncc(N3CCOCC3)cc2c(F)c1Cc1nnc2cccnn12. The number of nitrogens with zero attached hydrogens (tertiary/aromatic N) is 6. The molecule has 0 spiro atoms. The van der Waals surface area contributed by atoms with Gasteiger partial charge in [0.25, 0.3) is 0 Å². The smallest absolute Gasteiger partial charge is 0.177 e. The average molecular weight is 382 g/mol. The summed E-state index contributed by atoms with van der Waals surface area (Å²) >= 11 is 0. The van der Waals surface area contributed by atoms with Crippen LogP contribution in [-0.2, 0) is 11.2 Å². The van der Waals surface area contributed by atoms with Gasteiger partial charge in [0, 0.05) is 42.7 Å². The highest BCUT2D eigenvalue weighted by atomic mass is 19.1. The van der Waals surface area contributed by atoms with Crippen molar-refractivity contribution in [3.8, 4) is 0 Å². The molecule has 0 aliphatic carbocycles. The molecular formula is C19H16F2N6O. The summed E-state index contributed by atoms with van der Waals surface area (Å²) in [6.45, 7) is 2.64. The summed E-state index contributed by atoms with van der Waals surface area (Å²) in [6, 6.07) is 6.43. The molecule has 0 N–H and O–H groups in total. The van der Waals surface area contributed by atoms with E-state index in [1.807, 2.05) is 0 Å². The lowest BCUT2D eigenvalue weighted by molar-refractivity contribution is 0.122. The Bertz CT molecular complexity index is 1170. The van der Waals surface area contributed by atoms with Gasteiger partial charge in [-0.1, -0.05) is 0 Å². The maximum atomic E-state index is 15.3. The van der Waals surface area contributed by atoms with E-state index in [2.05, 4.69) is 25.2 Å². The number of hydrogen-bond acceptors (Lipinski definition) is 6. The number of anilines is 1. The van der Waals surface area contributed by atoms with E-state index in [1.165, 1.54) is 10.6 Å². The Morgan fingerprint density at radius 3 is 2.82 bits per heavy atom. The molecule has 0 saturated carbocycles. The molecule has 0 bridgehead atoms. The van der Waals surface area contributed by atoms with Crippen molar-refractivity contribution in [2.75, 3.05) is 31.2 Å². The molecule has 4 aromatic rings. The van der Waals surface area contributed by atoms with Gasteiger partial charge in [-0.05, 0) is 18.2 Å². The van der Waals surface area contributed by atoms with Crippen molar-refractivity contribution in [2.24, 2.45) is 0 Å². The van der Waals surface area contributed by atoms with Crippen molar-refractivity contribution in [1.29, 1.82) is 0 Å². The van der Waals surface area contributed by atoms with Crippen LogP contribution in [0.2, 0.25) is 0 Å². The van der Waals surface area contributed by atoms with E-state index in [1.54, 1.807) is 30.6 Å². The van der Waals surface area contributed by atoms with Crippen LogP contribution in [-0.4, -0.2) is 51.1 Å². The first-order chi connectivity index (χ1) is 13.7. The molecule has 1 aliphatic heterocycles. The molecule has 4 heterocycles. The zero-order chi connectivity index (χ0) is 19.1. The molecule has 1 aromatic carbocycles. The molecule has 1 fully saturated rings. The summed E-state index contributed by atoms with van der Waals surface area (Å²) in [4.78, 5) is 6.34. The van der Waals surface area contributed by atoms with Crippen LogP contribution in [0.15, 0.2) is 36.7 Å². The highest BCUT2D eigenvalue weighted by Crippen LogP contribution is 2.28. The Labute approximate surface area is 158 Å². The zero-order valence-corrected chi connectivity index (χ0v) is 14.8. The number of morpholine rings is 1. The quantitative estimate of drug-likeness (QED) is 0.542. The van der Waals surface area contributed by atoms with Gasteiger partial charge in [-0.2, -0.15) is 9.61 Å². The lowest BCUT2D eigenvalue weighted by atomic mass is 10.1. The van der Waals surface area contributed by atoms with Gasteiger partial charge in [0.05, 0.1) is 30.6 Å². The van der Waals surface area contributed by atoms with E-state index < -0.39 is 11.6 Å². The fourth-order valence-electron chi connectivity index (χ4n) is 3.44. The number of aromatic nitrogens is 5. The first-order valence-electron chi connectivity index (χ1n) is 8.95. The summed E-state index contributed by atoms with van der Waals surface area (Å²) in [5, 5.41) is 12.4. The number of benzene rings is 1. The molecule has 7 nitrogen and oxygen atoms in total. The number of hydrogen-bond donors (Lipinski definition) is 0. The minimum absolute atomic E-state index is 0.0619. The van der Waals surface area contributed by atoms with Crippen molar-refractivity contribution >= 4 is 22.2 Å². The molecule has 0 radical (unpaired) electrons. The Kier molecular flexibility index (Phi) is 4.09. The van der Waals surface area contributed by atoms with Crippen LogP contribution in [0.25, 0.3) is 16.6 Å². The van der Waals surface area contributed by atoms with E-state index in [-0.39, 0.29) is 22.9 Å². The predicted molar refractivity (Wildman–Crippen MR) is 98.3 cm³/mol. The van der Waals surface area contributed by atoms with Crippen molar-refractivity contribution < 1.29 is 13.5 Å². The van der Waals surface area contributed by atoms with E-state index in [0.717, 1.165) is 5.69 Å². The molecule has 0 unspecified atom stereocenters. The second-order valence-electron chi connectivity index (χ2n) is 6.60. The van der Waals surface area contributed by atoms with Gasteiger partial charge >= 0.3 is 0 Å². The number of rotatable bonds is 3. The van der Waals surface area contributed by atoms with Crippen molar-refractivity contribution in [3.63, 3.8) is 0 Å². The minimum Gasteiger partial charge on any atom is -0.378 e. The van der Waals surface area contributed by atoms with Crippen LogP contribution in [0.3, 0.4) is 0 Å². The Balaban J connectivity index is 1.58. The molecule has 0 amide bonds. The lowest BCUT2D eigenvalue weighted by Gasteiger charge is -2.28. The molecule has 1 aliphatic rings. The van der Waals surface area contributed by atoms with Crippen molar-refractivity contribution in [1.82, 2.24) is 24.8 Å². The third kappa shape index (κ3) is 2.84. The molecular weight excluding hydrogens is 366 g/mol. The molecule has 3 aromatic heterocycles. The minimum atomic E-state index is -0.663. The molecule has 9 heteroatoms. The van der Waals surface area contributed by atoms with Gasteiger partial charge in [0.2, 0.25) is 0 Å². The van der Waals surface area contributed by atoms with Crippen LogP contribution in [0.1, 0.15) is 11.4 Å². The van der Waals surface area contributed by atoms with Gasteiger partial charge in [-0.25, -0.2) is 8.78 Å². The first kappa shape index (κ1) is 16.9. The number of halogens is 2. The monoisotopic (exact) mass is 382 g/mol. The molecule has 142 valence electrons. The predicted octanol–water partition coefficient (Wildman–Crippen LogP) is 2.38. The molecule has 5 rings (SSSR count). The van der Waals surface area contributed by atoms with E-state index >= 15 is 4.39 Å². The molecule has 0 atom stereocenters. The van der Waals surface area contributed by atoms with E-state index in [4.69, 9.17) is 4.74 Å². The van der Waals surface area contributed by atoms with Gasteiger partial charge in [0.1, 0.15) is 11.6 Å². The van der Waals surface area contributed by atoms with Crippen molar-refractivity contribution in [2.45, 2.75) is 6.42 Å². The summed E-state index contributed by atoms with van der Waals surface area (Å²) in [5.41, 5.74) is 1.52. The Morgan fingerprint density at radius 2 is 1.96 bits per heavy atom. The highest BCUT2D eigenvalue weighted by Gasteiger charge is 2.20. The van der Waals surface area contributed by atoms with Gasteiger partial charge < -0.3 is 9.64 Å². The van der Waals surface area contributed by atoms with Crippen LogP contribution < -0.4 is 4.90 Å². The number of pyridine rings is 1. The average Bonchev–Trinajstić information content (AvgIpc) is 3.14. The van der Waals surface area contributed by atoms with Crippen LogP contribution in [0.4, 0.5) is 14.5 Å². The largest absolute Gasteiger partial charge is 0.378 e. The maximum Gasteiger partial charge on any atom is 0.177 e. The fourth-order valence-corrected chi connectivity index (χ4v) is 3.44. The highest BCUT2D eigenvalue weighted by molar-refractivity contribution is 5.83. The summed E-state index contributed by atoms with van der Waals surface area (Å²) in [7, 11) is 0. The topological polar surface area (TPSA) is 68.4 Å². The Morgan fingerprint density at radius 1 is 1.11 bits per heavy atom. The van der Waals surface area contributed by atoms with E-state index in [9.17, 15) is 4.39 Å². The van der Waals surface area contributed by atoms with Crippen LogP contribution >= 0.6 is 0 Å². The second-order valence-corrected chi connectivity index (χ2v) is 6.60. The fraction of sp³-hybridized carbons (Fsp3) is 0.263. The maximum absolute atomic E-state index is 15.3. The van der Waals surface area contributed by atoms with E-state index in [0.29, 0.717) is 37.8 Å². The number of fused-ring (bicyclic) bond motifs is 2. The summed E-state index contributed by atoms with van der Waals surface area (Å²) in [6.07, 6.45) is 3.15. The summed E-state index contributed by atoms with van der Waals surface area (Å²) < 4.78 is 36.7. The second kappa shape index (κ2) is 6.75. The van der Waals surface area contributed by atoms with Gasteiger partial charge in [0.15, 0.2) is 11.5 Å². The lowest BCUT2D eigenvalue weighted by Crippen LogP contribution is -2.36. The van der Waals surface area contributed by atoms with Gasteiger partial charge in [-0.3, -0.25) is 4.98 Å². The molecule has 28 heavy (non-hydrogen) atoms. The Hall–Kier alpha value is -3.20. The third-order valence-corrected chi connectivity index (χ3v) is 4.91. The van der Waals surface area contributed by atoms with Crippen molar-refractivity contribution in [3.05, 3.63) is 59.7 Å². The normalized spacial score (nSPS) is 14.9. The first-order valence-corrected chi connectivity index (χ1v) is 8.95. The third-order valence-electron chi connectivity index (χ3n) is 4.91. The molecule has 1 saturated heterocycles.